The number of hydrogen-bond acceptors (Lipinski definition) is 5. The summed E-state index contributed by atoms with van der Waals surface area (Å²) in [5.74, 6) is -0.548. The van der Waals surface area contributed by atoms with E-state index in [-0.39, 0.29) is 15.3 Å². The van der Waals surface area contributed by atoms with E-state index < -0.39 is 26.0 Å². The van der Waals surface area contributed by atoms with E-state index in [2.05, 4.69) is 17.0 Å². The van der Waals surface area contributed by atoms with Crippen molar-refractivity contribution in [3.8, 4) is 0 Å². The first-order chi connectivity index (χ1) is 17.2. The number of fused-ring (bicyclic) bond motifs is 1. The monoisotopic (exact) mass is 525 g/mol. The van der Waals surface area contributed by atoms with Gasteiger partial charge in [-0.25, -0.2) is 12.8 Å². The first kappa shape index (κ1) is 24.5. The van der Waals surface area contributed by atoms with Crippen molar-refractivity contribution in [1.82, 2.24) is 9.47 Å². The number of anilines is 1. The molecule has 0 atom stereocenters. The summed E-state index contributed by atoms with van der Waals surface area (Å²) >= 11 is 5.96. The molecule has 1 aromatic heterocycles. The van der Waals surface area contributed by atoms with Crippen LogP contribution in [0.2, 0.25) is 5.02 Å². The Hall–Kier alpha value is -3.20. The van der Waals surface area contributed by atoms with Crippen molar-refractivity contribution in [3.05, 3.63) is 99.6 Å². The minimum absolute atomic E-state index is 0.0181. The van der Waals surface area contributed by atoms with Gasteiger partial charge in [-0.1, -0.05) is 48.0 Å². The van der Waals surface area contributed by atoms with Crippen molar-refractivity contribution in [2.24, 2.45) is 7.05 Å². The van der Waals surface area contributed by atoms with Gasteiger partial charge in [-0.15, -0.1) is 0 Å². The molecule has 0 N–H and O–H groups in total. The molecule has 0 bridgehead atoms. The molecule has 0 amide bonds. The van der Waals surface area contributed by atoms with E-state index in [0.717, 1.165) is 25.7 Å². The lowest BCUT2D eigenvalue weighted by atomic mass is 10.1. The molecule has 36 heavy (non-hydrogen) atoms. The van der Waals surface area contributed by atoms with Gasteiger partial charge in [0.1, 0.15) is 10.7 Å². The highest BCUT2D eigenvalue weighted by molar-refractivity contribution is 7.91. The Morgan fingerprint density at radius 3 is 2.36 bits per heavy atom. The molecule has 2 heterocycles. The fourth-order valence-corrected chi connectivity index (χ4v) is 6.34. The number of hydrogen-bond donors (Lipinski definition) is 0. The number of nitrogens with zero attached hydrogens (tertiary/aromatic N) is 3. The lowest BCUT2D eigenvalue weighted by molar-refractivity contribution is 0.249. The second-order valence-corrected chi connectivity index (χ2v) is 11.3. The van der Waals surface area contributed by atoms with Crippen molar-refractivity contribution in [2.45, 2.75) is 16.3 Å². The Kier molecular flexibility index (Phi) is 6.59. The van der Waals surface area contributed by atoms with E-state index in [0.29, 0.717) is 24.3 Å². The van der Waals surface area contributed by atoms with Gasteiger partial charge in [0.05, 0.1) is 21.5 Å². The summed E-state index contributed by atoms with van der Waals surface area (Å²) in [6.45, 7) is 3.69. The molecule has 0 aliphatic carbocycles. The fourth-order valence-electron chi connectivity index (χ4n) is 4.64. The molecule has 5 rings (SSSR count). The van der Waals surface area contributed by atoms with Crippen LogP contribution in [0.15, 0.2) is 87.5 Å². The molecule has 1 saturated heterocycles. The summed E-state index contributed by atoms with van der Waals surface area (Å²) in [6, 6.07) is 18.7. The van der Waals surface area contributed by atoms with Crippen LogP contribution in [-0.2, 0) is 23.4 Å². The summed E-state index contributed by atoms with van der Waals surface area (Å²) in [4.78, 5) is 17.0. The van der Waals surface area contributed by atoms with E-state index in [1.807, 2.05) is 23.1 Å². The second-order valence-electron chi connectivity index (χ2n) is 8.96. The summed E-state index contributed by atoms with van der Waals surface area (Å²) in [7, 11) is -2.49. The highest BCUT2D eigenvalue weighted by Crippen LogP contribution is 2.28. The van der Waals surface area contributed by atoms with E-state index in [1.165, 1.54) is 30.0 Å². The molecule has 1 fully saturated rings. The quantitative estimate of drug-likeness (QED) is 0.384. The van der Waals surface area contributed by atoms with Crippen molar-refractivity contribution >= 4 is 38.0 Å². The zero-order chi connectivity index (χ0) is 25.4. The van der Waals surface area contributed by atoms with Gasteiger partial charge in [-0.3, -0.25) is 9.69 Å². The Bertz CT molecular complexity index is 1600. The molecular weight excluding hydrogens is 501 g/mol. The first-order valence-electron chi connectivity index (χ1n) is 11.6. The molecule has 9 heteroatoms. The van der Waals surface area contributed by atoms with Crippen LogP contribution in [0.3, 0.4) is 0 Å². The second kappa shape index (κ2) is 9.69. The molecule has 1 aliphatic heterocycles. The van der Waals surface area contributed by atoms with Crippen LogP contribution in [0.1, 0.15) is 5.56 Å². The minimum Gasteiger partial charge on any atom is -0.367 e. The van der Waals surface area contributed by atoms with Crippen LogP contribution in [0, 0.1) is 5.82 Å². The van der Waals surface area contributed by atoms with Gasteiger partial charge >= 0.3 is 0 Å². The normalized spacial score (nSPS) is 14.9. The Morgan fingerprint density at radius 1 is 0.944 bits per heavy atom. The topological polar surface area (TPSA) is 62.6 Å². The van der Waals surface area contributed by atoms with Crippen LogP contribution < -0.4 is 10.3 Å². The smallest absolute Gasteiger partial charge is 0.211 e. The SMILES string of the molecule is Cn1cc(S(=O)(=O)c2cccc(Cl)c2)c(=O)c2cc(F)c(N3CCN(Cc4ccccc4)CC3)cc21. The lowest BCUT2D eigenvalue weighted by Crippen LogP contribution is -2.46. The summed E-state index contributed by atoms with van der Waals surface area (Å²) in [6.07, 6.45) is 1.29. The first-order valence-corrected chi connectivity index (χ1v) is 13.4. The van der Waals surface area contributed by atoms with Crippen molar-refractivity contribution in [2.75, 3.05) is 31.1 Å². The fraction of sp³-hybridized carbons (Fsp3) is 0.222. The molecule has 0 unspecified atom stereocenters. The average molecular weight is 526 g/mol. The zero-order valence-electron chi connectivity index (χ0n) is 19.7. The van der Waals surface area contributed by atoms with Crippen LogP contribution in [0.25, 0.3) is 10.9 Å². The van der Waals surface area contributed by atoms with Gasteiger partial charge < -0.3 is 9.47 Å². The Morgan fingerprint density at radius 2 is 1.67 bits per heavy atom. The van der Waals surface area contributed by atoms with Crippen LogP contribution in [0.4, 0.5) is 10.1 Å². The third-order valence-electron chi connectivity index (χ3n) is 6.58. The molecule has 0 spiro atoms. The molecule has 0 saturated carbocycles. The van der Waals surface area contributed by atoms with Crippen molar-refractivity contribution in [3.63, 3.8) is 0 Å². The third-order valence-corrected chi connectivity index (χ3v) is 8.56. The van der Waals surface area contributed by atoms with Gasteiger partial charge in [-0.05, 0) is 35.9 Å². The van der Waals surface area contributed by atoms with Gasteiger partial charge in [0.2, 0.25) is 15.3 Å². The Labute approximate surface area is 214 Å². The standard InChI is InChI=1S/C27H25ClFN3O3S/c1-30-18-26(36(34,35)21-9-5-8-20(28)14-21)27(33)22-15-23(29)25(16-24(22)30)32-12-10-31(11-13-32)17-19-6-3-2-4-7-19/h2-9,14-16,18H,10-13,17H2,1H3. The summed E-state index contributed by atoms with van der Waals surface area (Å²) in [5.41, 5.74) is 1.37. The Balaban J connectivity index is 1.45. The molecule has 3 aromatic carbocycles. The van der Waals surface area contributed by atoms with Crippen molar-refractivity contribution < 1.29 is 12.8 Å². The molecule has 4 aromatic rings. The van der Waals surface area contributed by atoms with E-state index in [9.17, 15) is 13.2 Å². The highest BCUT2D eigenvalue weighted by Gasteiger charge is 2.26. The third kappa shape index (κ3) is 4.64. The maximum absolute atomic E-state index is 15.3. The molecular formula is C27H25ClFN3O3S. The number of rotatable bonds is 5. The lowest BCUT2D eigenvalue weighted by Gasteiger charge is -2.36. The molecule has 1 aliphatic rings. The van der Waals surface area contributed by atoms with Gasteiger partial charge in [-0.2, -0.15) is 0 Å². The van der Waals surface area contributed by atoms with Crippen molar-refractivity contribution in [1.29, 1.82) is 0 Å². The maximum atomic E-state index is 15.3. The predicted molar refractivity (Wildman–Crippen MR) is 140 cm³/mol. The summed E-state index contributed by atoms with van der Waals surface area (Å²) in [5, 5.41) is 0.262. The van der Waals surface area contributed by atoms with Crippen LogP contribution in [-0.4, -0.2) is 44.1 Å². The molecule has 6 nitrogen and oxygen atoms in total. The number of aryl methyl sites for hydroxylation is 1. The van der Waals surface area contributed by atoms with E-state index in [4.69, 9.17) is 11.6 Å². The van der Waals surface area contributed by atoms with Crippen LogP contribution >= 0.6 is 11.6 Å². The van der Waals surface area contributed by atoms with Gasteiger partial charge in [0, 0.05) is 51.0 Å². The van der Waals surface area contributed by atoms with Crippen LogP contribution in [0.5, 0.6) is 0 Å². The number of halogens is 2. The zero-order valence-corrected chi connectivity index (χ0v) is 21.3. The average Bonchev–Trinajstić information content (AvgIpc) is 2.87. The number of aromatic nitrogens is 1. The molecule has 186 valence electrons. The highest BCUT2D eigenvalue weighted by atomic mass is 35.5. The largest absolute Gasteiger partial charge is 0.367 e. The number of pyridine rings is 1. The molecule has 0 radical (unpaired) electrons. The van der Waals surface area contributed by atoms with E-state index >= 15 is 4.39 Å². The van der Waals surface area contributed by atoms with Gasteiger partial charge in [0.25, 0.3) is 0 Å². The van der Waals surface area contributed by atoms with Gasteiger partial charge in [0.15, 0.2) is 0 Å². The number of sulfone groups is 1. The maximum Gasteiger partial charge on any atom is 0.211 e. The minimum atomic E-state index is -4.14. The van der Waals surface area contributed by atoms with E-state index in [1.54, 1.807) is 23.7 Å². The summed E-state index contributed by atoms with van der Waals surface area (Å²) < 4.78 is 43.2. The predicted octanol–water partition coefficient (Wildman–Crippen LogP) is 4.49. The number of benzene rings is 3. The number of piperazine rings is 1.